The molecule has 4 heteroatoms. The second-order valence-corrected chi connectivity index (χ2v) is 5.15. The third-order valence-electron chi connectivity index (χ3n) is 3.80. The SMILES string of the molecule is CCC(C)(CN)C(=O)NCCC1CCCCO1. The molecular weight excluding hydrogens is 216 g/mol. The number of nitrogens with two attached hydrogens (primary N) is 1. The zero-order chi connectivity index (χ0) is 12.7. The first-order valence-corrected chi connectivity index (χ1v) is 6.72. The van der Waals surface area contributed by atoms with Crippen molar-refractivity contribution in [2.24, 2.45) is 11.1 Å². The molecule has 4 nitrogen and oxygen atoms in total. The van der Waals surface area contributed by atoms with E-state index in [4.69, 9.17) is 10.5 Å². The molecule has 2 unspecified atom stereocenters. The first kappa shape index (κ1) is 14.5. The molecule has 0 bridgehead atoms. The number of rotatable bonds is 6. The molecule has 3 N–H and O–H groups in total. The van der Waals surface area contributed by atoms with Crippen molar-refractivity contribution in [3.8, 4) is 0 Å². The van der Waals surface area contributed by atoms with Crippen molar-refractivity contribution >= 4 is 5.91 Å². The normalized spacial score (nSPS) is 24.1. The molecule has 0 spiro atoms. The number of ether oxygens (including phenoxy) is 1. The first-order chi connectivity index (χ1) is 8.12. The van der Waals surface area contributed by atoms with Gasteiger partial charge in [-0.05, 0) is 39.0 Å². The Bertz CT molecular complexity index is 234. The molecule has 1 amide bonds. The van der Waals surface area contributed by atoms with Crippen molar-refractivity contribution in [1.29, 1.82) is 0 Å². The minimum absolute atomic E-state index is 0.0679. The summed E-state index contributed by atoms with van der Waals surface area (Å²) < 4.78 is 5.62. The highest BCUT2D eigenvalue weighted by Crippen LogP contribution is 2.19. The van der Waals surface area contributed by atoms with Gasteiger partial charge in [0.15, 0.2) is 0 Å². The van der Waals surface area contributed by atoms with Crippen LogP contribution in [0.25, 0.3) is 0 Å². The van der Waals surface area contributed by atoms with E-state index in [-0.39, 0.29) is 5.91 Å². The first-order valence-electron chi connectivity index (χ1n) is 6.72. The predicted molar refractivity (Wildman–Crippen MR) is 68.7 cm³/mol. The van der Waals surface area contributed by atoms with Crippen molar-refractivity contribution < 1.29 is 9.53 Å². The molecule has 17 heavy (non-hydrogen) atoms. The summed E-state index contributed by atoms with van der Waals surface area (Å²) in [6.45, 7) is 5.87. The maximum absolute atomic E-state index is 11.9. The van der Waals surface area contributed by atoms with Crippen LogP contribution in [0.5, 0.6) is 0 Å². The van der Waals surface area contributed by atoms with Gasteiger partial charge in [0, 0.05) is 19.7 Å². The Morgan fingerprint density at radius 1 is 1.53 bits per heavy atom. The van der Waals surface area contributed by atoms with E-state index in [1.807, 2.05) is 13.8 Å². The van der Waals surface area contributed by atoms with Crippen molar-refractivity contribution in [2.45, 2.75) is 52.1 Å². The van der Waals surface area contributed by atoms with Gasteiger partial charge in [0.2, 0.25) is 5.91 Å². The second kappa shape index (κ2) is 6.97. The molecule has 1 rings (SSSR count). The van der Waals surface area contributed by atoms with Gasteiger partial charge in [0.05, 0.1) is 11.5 Å². The monoisotopic (exact) mass is 242 g/mol. The predicted octanol–water partition coefficient (Wildman–Crippen LogP) is 1.44. The summed E-state index contributed by atoms with van der Waals surface area (Å²) in [5.41, 5.74) is 5.22. The summed E-state index contributed by atoms with van der Waals surface area (Å²) in [6, 6.07) is 0. The van der Waals surface area contributed by atoms with Crippen LogP contribution in [0.3, 0.4) is 0 Å². The van der Waals surface area contributed by atoms with Gasteiger partial charge in [-0.15, -0.1) is 0 Å². The fourth-order valence-corrected chi connectivity index (χ4v) is 1.99. The number of carbonyl (C=O) groups excluding carboxylic acids is 1. The van der Waals surface area contributed by atoms with Gasteiger partial charge in [0.1, 0.15) is 0 Å². The third-order valence-corrected chi connectivity index (χ3v) is 3.80. The van der Waals surface area contributed by atoms with Gasteiger partial charge in [-0.1, -0.05) is 6.92 Å². The number of amides is 1. The molecule has 1 aliphatic rings. The fourth-order valence-electron chi connectivity index (χ4n) is 1.99. The van der Waals surface area contributed by atoms with Crippen LogP contribution in [0.15, 0.2) is 0 Å². The maximum Gasteiger partial charge on any atom is 0.227 e. The van der Waals surface area contributed by atoms with Gasteiger partial charge in [-0.2, -0.15) is 0 Å². The largest absolute Gasteiger partial charge is 0.378 e. The minimum Gasteiger partial charge on any atom is -0.378 e. The minimum atomic E-state index is -0.423. The lowest BCUT2D eigenvalue weighted by Crippen LogP contribution is -2.44. The maximum atomic E-state index is 11.9. The smallest absolute Gasteiger partial charge is 0.227 e. The van der Waals surface area contributed by atoms with Gasteiger partial charge in [0.25, 0.3) is 0 Å². The van der Waals surface area contributed by atoms with E-state index in [1.165, 1.54) is 12.8 Å². The summed E-state index contributed by atoms with van der Waals surface area (Å²) in [6.07, 6.45) is 5.55. The molecule has 0 aliphatic carbocycles. The Morgan fingerprint density at radius 3 is 2.82 bits per heavy atom. The quantitative estimate of drug-likeness (QED) is 0.740. The molecule has 0 aromatic heterocycles. The molecule has 1 fully saturated rings. The Hall–Kier alpha value is -0.610. The highest BCUT2D eigenvalue weighted by atomic mass is 16.5. The van der Waals surface area contributed by atoms with E-state index < -0.39 is 5.41 Å². The zero-order valence-electron chi connectivity index (χ0n) is 11.1. The van der Waals surface area contributed by atoms with Crippen LogP contribution in [-0.4, -0.2) is 31.7 Å². The Balaban J connectivity index is 2.23. The van der Waals surface area contributed by atoms with Crippen LogP contribution in [0.2, 0.25) is 0 Å². The lowest BCUT2D eigenvalue weighted by Gasteiger charge is -2.26. The van der Waals surface area contributed by atoms with E-state index in [0.717, 1.165) is 25.9 Å². The molecule has 0 aromatic carbocycles. The van der Waals surface area contributed by atoms with Crippen molar-refractivity contribution in [1.82, 2.24) is 5.32 Å². The van der Waals surface area contributed by atoms with E-state index in [2.05, 4.69) is 5.32 Å². The lowest BCUT2D eigenvalue weighted by atomic mass is 9.86. The molecule has 1 heterocycles. The van der Waals surface area contributed by atoms with Crippen LogP contribution in [-0.2, 0) is 9.53 Å². The Labute approximate surface area is 104 Å². The summed E-state index contributed by atoms with van der Waals surface area (Å²) in [5, 5.41) is 2.97. The molecule has 100 valence electrons. The van der Waals surface area contributed by atoms with Crippen molar-refractivity contribution in [2.75, 3.05) is 19.7 Å². The highest BCUT2D eigenvalue weighted by molar-refractivity contribution is 5.82. The highest BCUT2D eigenvalue weighted by Gasteiger charge is 2.29. The Morgan fingerprint density at radius 2 is 2.29 bits per heavy atom. The number of hydrogen-bond acceptors (Lipinski definition) is 3. The molecular formula is C13H26N2O2. The zero-order valence-corrected chi connectivity index (χ0v) is 11.1. The molecule has 0 aromatic rings. The van der Waals surface area contributed by atoms with Crippen LogP contribution < -0.4 is 11.1 Å². The summed E-state index contributed by atoms with van der Waals surface area (Å²) in [4.78, 5) is 11.9. The number of nitrogens with one attached hydrogen (secondary N) is 1. The summed E-state index contributed by atoms with van der Waals surface area (Å²) in [5.74, 6) is 0.0679. The lowest BCUT2D eigenvalue weighted by molar-refractivity contribution is -0.130. The molecule has 0 saturated carbocycles. The molecule has 0 radical (unpaired) electrons. The van der Waals surface area contributed by atoms with Crippen LogP contribution in [0.1, 0.15) is 46.0 Å². The topological polar surface area (TPSA) is 64.4 Å². The van der Waals surface area contributed by atoms with Gasteiger partial charge < -0.3 is 15.8 Å². The average Bonchev–Trinajstić information content (AvgIpc) is 2.39. The second-order valence-electron chi connectivity index (χ2n) is 5.15. The van der Waals surface area contributed by atoms with Crippen molar-refractivity contribution in [3.63, 3.8) is 0 Å². The van der Waals surface area contributed by atoms with Crippen LogP contribution in [0.4, 0.5) is 0 Å². The third kappa shape index (κ3) is 4.28. The standard InChI is InChI=1S/C13H26N2O2/c1-3-13(2,10-14)12(16)15-8-7-11-6-4-5-9-17-11/h11H,3-10,14H2,1-2H3,(H,15,16). The summed E-state index contributed by atoms with van der Waals surface area (Å²) >= 11 is 0. The van der Waals surface area contributed by atoms with E-state index in [9.17, 15) is 4.79 Å². The van der Waals surface area contributed by atoms with Crippen molar-refractivity contribution in [3.05, 3.63) is 0 Å². The van der Waals surface area contributed by atoms with E-state index in [1.54, 1.807) is 0 Å². The number of carbonyl (C=O) groups is 1. The van der Waals surface area contributed by atoms with E-state index in [0.29, 0.717) is 19.2 Å². The van der Waals surface area contributed by atoms with Gasteiger partial charge in [-0.25, -0.2) is 0 Å². The van der Waals surface area contributed by atoms with E-state index >= 15 is 0 Å². The summed E-state index contributed by atoms with van der Waals surface area (Å²) in [7, 11) is 0. The molecule has 1 saturated heterocycles. The number of hydrogen-bond donors (Lipinski definition) is 2. The Kier molecular flexibility index (Phi) is 5.92. The fraction of sp³-hybridized carbons (Fsp3) is 0.923. The van der Waals surface area contributed by atoms with Crippen LogP contribution in [0, 0.1) is 5.41 Å². The van der Waals surface area contributed by atoms with Gasteiger partial charge in [-0.3, -0.25) is 4.79 Å². The molecule has 2 atom stereocenters. The molecule has 1 aliphatic heterocycles. The van der Waals surface area contributed by atoms with Crippen LogP contribution >= 0.6 is 0 Å². The average molecular weight is 242 g/mol. The van der Waals surface area contributed by atoms with Gasteiger partial charge >= 0.3 is 0 Å².